The van der Waals surface area contributed by atoms with Crippen molar-refractivity contribution in [2.75, 3.05) is 0 Å². The molecule has 0 aliphatic heterocycles. The van der Waals surface area contributed by atoms with E-state index >= 15 is 0 Å². The summed E-state index contributed by atoms with van der Waals surface area (Å²) < 4.78 is 14.9. The quantitative estimate of drug-likeness (QED) is 0.795. The van der Waals surface area contributed by atoms with Gasteiger partial charge in [-0.15, -0.1) is 11.3 Å². The minimum atomic E-state index is -0.285. The van der Waals surface area contributed by atoms with E-state index in [1.165, 1.54) is 23.5 Å². The fourth-order valence-corrected chi connectivity index (χ4v) is 3.24. The second-order valence-electron chi connectivity index (χ2n) is 5.24. The fourth-order valence-electron chi connectivity index (χ4n) is 2.49. The van der Waals surface area contributed by atoms with Gasteiger partial charge in [0.25, 0.3) is 5.91 Å². The van der Waals surface area contributed by atoms with Crippen LogP contribution in [0.25, 0.3) is 5.13 Å². The zero-order valence-electron chi connectivity index (χ0n) is 12.8. The van der Waals surface area contributed by atoms with Crippen LogP contribution >= 0.6 is 11.3 Å². The number of hydrogen-bond donors (Lipinski definition) is 1. The highest BCUT2D eigenvalue weighted by molar-refractivity contribution is 7.12. The molecule has 0 spiro atoms. The minimum Gasteiger partial charge on any atom is -0.348 e. The van der Waals surface area contributed by atoms with Crippen LogP contribution < -0.4 is 5.32 Å². The summed E-state index contributed by atoms with van der Waals surface area (Å²) in [7, 11) is 0. The van der Waals surface area contributed by atoms with E-state index in [0.29, 0.717) is 12.1 Å². The molecule has 0 saturated heterocycles. The Morgan fingerprint density at radius 2 is 2.04 bits per heavy atom. The number of carbonyl (C=O) groups excluding carboxylic acids is 1. The van der Waals surface area contributed by atoms with Crippen molar-refractivity contribution in [2.45, 2.75) is 20.4 Å². The van der Waals surface area contributed by atoms with Gasteiger partial charge >= 0.3 is 0 Å². The van der Waals surface area contributed by atoms with E-state index in [4.69, 9.17) is 0 Å². The summed E-state index contributed by atoms with van der Waals surface area (Å²) in [5, 5.41) is 5.62. The lowest BCUT2D eigenvalue weighted by molar-refractivity contribution is 0.0950. The minimum absolute atomic E-state index is 0.148. The maximum Gasteiger partial charge on any atom is 0.253 e. The number of hydrogen-bond acceptors (Lipinski definition) is 3. The SMILES string of the molecule is Cc1cc(C(=O)NCc2ccc(F)cc2)c(C)n1-c1nccs1. The van der Waals surface area contributed by atoms with Crippen molar-refractivity contribution in [3.05, 3.63) is 70.2 Å². The lowest BCUT2D eigenvalue weighted by atomic mass is 10.2. The largest absolute Gasteiger partial charge is 0.348 e. The van der Waals surface area contributed by atoms with Crippen molar-refractivity contribution in [3.8, 4) is 5.13 Å². The van der Waals surface area contributed by atoms with Gasteiger partial charge in [0.2, 0.25) is 0 Å². The number of thiazole rings is 1. The van der Waals surface area contributed by atoms with E-state index in [0.717, 1.165) is 22.1 Å². The number of nitrogens with one attached hydrogen (secondary N) is 1. The van der Waals surface area contributed by atoms with Gasteiger partial charge < -0.3 is 5.32 Å². The van der Waals surface area contributed by atoms with Crippen LogP contribution in [-0.2, 0) is 6.54 Å². The van der Waals surface area contributed by atoms with Gasteiger partial charge in [-0.25, -0.2) is 9.37 Å². The molecule has 1 N–H and O–H groups in total. The Bertz CT molecular complexity index is 822. The molecule has 1 aromatic carbocycles. The predicted molar refractivity (Wildman–Crippen MR) is 88.5 cm³/mol. The molecule has 3 rings (SSSR count). The Kier molecular flexibility index (Phi) is 4.25. The number of amides is 1. The van der Waals surface area contributed by atoms with Crippen molar-refractivity contribution in [1.82, 2.24) is 14.9 Å². The summed E-state index contributed by atoms with van der Waals surface area (Å²) in [6.45, 7) is 4.21. The van der Waals surface area contributed by atoms with E-state index in [9.17, 15) is 9.18 Å². The molecular formula is C17H16FN3OS. The number of rotatable bonds is 4. The van der Waals surface area contributed by atoms with Crippen LogP contribution in [0, 0.1) is 19.7 Å². The highest BCUT2D eigenvalue weighted by Gasteiger charge is 2.17. The topological polar surface area (TPSA) is 46.9 Å². The standard InChI is InChI=1S/C17H16FN3OS/c1-11-9-15(12(2)21(11)17-19-7-8-23-17)16(22)20-10-13-3-5-14(18)6-4-13/h3-9H,10H2,1-2H3,(H,20,22). The van der Waals surface area contributed by atoms with Gasteiger partial charge in [-0.1, -0.05) is 12.1 Å². The van der Waals surface area contributed by atoms with E-state index in [1.54, 1.807) is 18.3 Å². The molecule has 0 aliphatic rings. The van der Waals surface area contributed by atoms with Crippen molar-refractivity contribution in [2.24, 2.45) is 0 Å². The number of aromatic nitrogens is 2. The first-order valence-electron chi connectivity index (χ1n) is 7.17. The number of benzene rings is 1. The number of carbonyl (C=O) groups is 1. The van der Waals surface area contributed by atoms with Crippen LogP contribution in [0.4, 0.5) is 4.39 Å². The van der Waals surface area contributed by atoms with Gasteiger partial charge in [-0.05, 0) is 37.6 Å². The van der Waals surface area contributed by atoms with Crippen molar-refractivity contribution < 1.29 is 9.18 Å². The summed E-state index contributed by atoms with van der Waals surface area (Å²) in [4.78, 5) is 16.7. The van der Waals surface area contributed by atoms with Crippen LogP contribution in [0.1, 0.15) is 27.3 Å². The third-order valence-corrected chi connectivity index (χ3v) is 4.41. The zero-order valence-corrected chi connectivity index (χ0v) is 13.7. The maximum atomic E-state index is 12.9. The number of aryl methyl sites for hydroxylation is 1. The van der Waals surface area contributed by atoms with Crippen LogP contribution in [0.5, 0.6) is 0 Å². The van der Waals surface area contributed by atoms with E-state index in [1.807, 2.05) is 29.9 Å². The first-order valence-corrected chi connectivity index (χ1v) is 8.05. The van der Waals surface area contributed by atoms with Crippen molar-refractivity contribution in [3.63, 3.8) is 0 Å². The maximum absolute atomic E-state index is 12.9. The molecule has 3 aromatic rings. The summed E-state index contributed by atoms with van der Waals surface area (Å²) >= 11 is 1.53. The summed E-state index contributed by atoms with van der Waals surface area (Å²) in [5.74, 6) is -0.433. The second kappa shape index (κ2) is 6.34. The second-order valence-corrected chi connectivity index (χ2v) is 6.12. The molecule has 0 radical (unpaired) electrons. The van der Waals surface area contributed by atoms with Gasteiger partial charge in [-0.3, -0.25) is 9.36 Å². The summed E-state index contributed by atoms with van der Waals surface area (Å²) in [5.41, 5.74) is 3.30. The van der Waals surface area contributed by atoms with E-state index in [2.05, 4.69) is 10.3 Å². The number of nitrogens with zero attached hydrogens (tertiary/aromatic N) is 2. The fraction of sp³-hybridized carbons (Fsp3) is 0.176. The van der Waals surface area contributed by atoms with Crippen molar-refractivity contribution in [1.29, 1.82) is 0 Å². The molecule has 0 bridgehead atoms. The lowest BCUT2D eigenvalue weighted by Crippen LogP contribution is -2.23. The van der Waals surface area contributed by atoms with Gasteiger partial charge in [-0.2, -0.15) is 0 Å². The molecular weight excluding hydrogens is 313 g/mol. The molecule has 23 heavy (non-hydrogen) atoms. The lowest BCUT2D eigenvalue weighted by Gasteiger charge is -2.07. The van der Waals surface area contributed by atoms with E-state index < -0.39 is 0 Å². The summed E-state index contributed by atoms with van der Waals surface area (Å²) in [6, 6.07) is 7.95. The highest BCUT2D eigenvalue weighted by atomic mass is 32.1. The molecule has 0 aliphatic carbocycles. The Balaban J connectivity index is 1.78. The van der Waals surface area contributed by atoms with Gasteiger partial charge in [0, 0.05) is 29.5 Å². The van der Waals surface area contributed by atoms with Crippen LogP contribution in [0.2, 0.25) is 0 Å². The third kappa shape index (κ3) is 3.17. The van der Waals surface area contributed by atoms with Crippen LogP contribution in [-0.4, -0.2) is 15.5 Å². The Morgan fingerprint density at radius 3 is 2.70 bits per heavy atom. The molecule has 2 aromatic heterocycles. The zero-order chi connectivity index (χ0) is 16.4. The first kappa shape index (κ1) is 15.4. The molecule has 1 amide bonds. The Morgan fingerprint density at radius 1 is 1.30 bits per heavy atom. The molecule has 0 fully saturated rings. The first-order chi connectivity index (χ1) is 11.1. The summed E-state index contributed by atoms with van der Waals surface area (Å²) in [6.07, 6.45) is 1.74. The van der Waals surface area contributed by atoms with Crippen LogP contribution in [0.15, 0.2) is 41.9 Å². The third-order valence-electron chi connectivity index (χ3n) is 3.65. The molecule has 6 heteroatoms. The van der Waals surface area contributed by atoms with Gasteiger partial charge in [0.05, 0.1) is 5.56 Å². The Hall–Kier alpha value is -2.47. The van der Waals surface area contributed by atoms with Gasteiger partial charge in [0.1, 0.15) is 5.82 Å². The molecule has 0 saturated carbocycles. The average molecular weight is 329 g/mol. The molecule has 4 nitrogen and oxygen atoms in total. The van der Waals surface area contributed by atoms with Gasteiger partial charge in [0.15, 0.2) is 5.13 Å². The Labute approximate surface area is 137 Å². The molecule has 0 unspecified atom stereocenters. The average Bonchev–Trinajstić information content (AvgIpc) is 3.14. The van der Waals surface area contributed by atoms with Crippen molar-refractivity contribution >= 4 is 17.2 Å². The normalized spacial score (nSPS) is 10.7. The highest BCUT2D eigenvalue weighted by Crippen LogP contribution is 2.22. The monoisotopic (exact) mass is 329 g/mol. The smallest absolute Gasteiger partial charge is 0.253 e. The molecule has 2 heterocycles. The molecule has 0 atom stereocenters. The number of halogens is 1. The van der Waals surface area contributed by atoms with E-state index in [-0.39, 0.29) is 11.7 Å². The predicted octanol–water partition coefficient (Wildman–Crippen LogP) is 3.62. The van der Waals surface area contributed by atoms with Crippen LogP contribution in [0.3, 0.4) is 0 Å². The molecule has 118 valence electrons.